The van der Waals surface area contributed by atoms with Gasteiger partial charge in [-0.2, -0.15) is 10.2 Å². The van der Waals surface area contributed by atoms with E-state index >= 15 is 0 Å². The number of benzene rings is 2. The minimum Gasteiger partial charge on any atom is -0.491 e. The summed E-state index contributed by atoms with van der Waals surface area (Å²) in [5.74, 6) is -1.08. The molecule has 2 aromatic carbocycles. The Balaban J connectivity index is 1.21. The standard InChI is InChI=1S/C43H54N14O7/c1-7-55-31(17-24(3)51-55)40(61)49-42-47-29-19-26(38(44)59)21-33(63-16-10-13-46-35(58)12-15-53(5)6)36(29)54(42)14-9-11-28-23-64-34-22-27(39(45)60)20-30-37(34)57(28)43(48-30)50-41(62)32-18-25(4)52-56(32)8-2/h17-22,28H,7-16,23H2,1-6H3,(H2,44,59)(H2,45,60)(H,46,58)(H,47,49,61)(H,48,50,62)/t28-/m0/s1. The lowest BCUT2D eigenvalue weighted by molar-refractivity contribution is -0.121. The molecule has 0 bridgehead atoms. The first kappa shape index (κ1) is 44.8. The highest BCUT2D eigenvalue weighted by Gasteiger charge is 2.30. The van der Waals surface area contributed by atoms with Crippen LogP contribution in [0.3, 0.4) is 0 Å². The van der Waals surface area contributed by atoms with Gasteiger partial charge in [0, 0.05) is 50.3 Å². The van der Waals surface area contributed by atoms with Crippen molar-refractivity contribution in [2.75, 3.05) is 51.0 Å². The number of anilines is 2. The molecule has 0 saturated carbocycles. The van der Waals surface area contributed by atoms with Gasteiger partial charge in [-0.25, -0.2) is 9.97 Å². The molecule has 4 aromatic heterocycles. The van der Waals surface area contributed by atoms with Crippen molar-refractivity contribution in [2.45, 2.75) is 79.1 Å². The van der Waals surface area contributed by atoms with Crippen molar-refractivity contribution in [3.8, 4) is 11.5 Å². The average molecular weight is 879 g/mol. The Morgan fingerprint density at radius 2 is 1.41 bits per heavy atom. The molecule has 21 heteroatoms. The number of hydrogen-bond donors (Lipinski definition) is 5. The zero-order valence-corrected chi connectivity index (χ0v) is 36.9. The van der Waals surface area contributed by atoms with Crippen molar-refractivity contribution in [2.24, 2.45) is 11.5 Å². The highest BCUT2D eigenvalue weighted by molar-refractivity contribution is 6.05. The third-order valence-electron chi connectivity index (χ3n) is 10.8. The Morgan fingerprint density at radius 3 is 2.02 bits per heavy atom. The first-order chi connectivity index (χ1) is 30.6. The Labute approximate surface area is 368 Å². The molecule has 7 rings (SSSR count). The number of rotatable bonds is 20. The molecule has 0 saturated heterocycles. The van der Waals surface area contributed by atoms with Crippen LogP contribution in [0.4, 0.5) is 11.9 Å². The fourth-order valence-corrected chi connectivity index (χ4v) is 7.81. The first-order valence-electron chi connectivity index (χ1n) is 21.2. The van der Waals surface area contributed by atoms with Gasteiger partial charge in [0.05, 0.1) is 35.1 Å². The number of fused-ring (bicyclic) bond motifs is 1. The van der Waals surface area contributed by atoms with E-state index in [-0.39, 0.29) is 48.2 Å². The molecule has 0 aliphatic carbocycles. The molecule has 0 spiro atoms. The van der Waals surface area contributed by atoms with Gasteiger partial charge in [-0.3, -0.25) is 44.0 Å². The van der Waals surface area contributed by atoms with Crippen LogP contribution in [0.5, 0.6) is 11.5 Å². The highest BCUT2D eigenvalue weighted by Crippen LogP contribution is 2.39. The van der Waals surface area contributed by atoms with Gasteiger partial charge in [0.15, 0.2) is 0 Å². The monoisotopic (exact) mass is 878 g/mol. The molecule has 0 unspecified atom stereocenters. The number of hydrogen-bond acceptors (Lipinski definition) is 12. The molecule has 0 fully saturated rings. The molecule has 64 heavy (non-hydrogen) atoms. The Kier molecular flexibility index (Phi) is 13.3. The molecule has 5 heterocycles. The third kappa shape index (κ3) is 9.53. The van der Waals surface area contributed by atoms with Crippen LogP contribution in [0.15, 0.2) is 36.4 Å². The lowest BCUT2D eigenvalue weighted by atomic mass is 10.1. The highest BCUT2D eigenvalue weighted by atomic mass is 16.5. The van der Waals surface area contributed by atoms with Gasteiger partial charge in [-0.15, -0.1) is 0 Å². The third-order valence-corrected chi connectivity index (χ3v) is 10.8. The van der Waals surface area contributed by atoms with E-state index in [1.54, 1.807) is 52.7 Å². The predicted octanol–water partition coefficient (Wildman–Crippen LogP) is 3.39. The summed E-state index contributed by atoms with van der Waals surface area (Å²) in [6.45, 7) is 10.00. The second kappa shape index (κ2) is 19.0. The summed E-state index contributed by atoms with van der Waals surface area (Å²) < 4.78 is 19.5. The number of carbonyl (C=O) groups excluding carboxylic acids is 5. The number of nitrogens with one attached hydrogen (secondary N) is 3. The fourth-order valence-electron chi connectivity index (χ4n) is 7.81. The van der Waals surface area contributed by atoms with E-state index in [4.69, 9.17) is 30.9 Å². The lowest BCUT2D eigenvalue weighted by Crippen LogP contribution is -2.28. The lowest BCUT2D eigenvalue weighted by Gasteiger charge is -2.27. The normalized spacial score (nSPS) is 13.3. The number of aromatic nitrogens is 8. The van der Waals surface area contributed by atoms with Crippen molar-refractivity contribution >= 4 is 63.5 Å². The number of carbonyl (C=O) groups is 5. The van der Waals surface area contributed by atoms with Crippen molar-refractivity contribution in [1.82, 2.24) is 48.9 Å². The number of primary amides is 2. The predicted molar refractivity (Wildman–Crippen MR) is 238 cm³/mol. The van der Waals surface area contributed by atoms with Crippen LogP contribution in [0.1, 0.15) is 98.7 Å². The number of nitrogens with zero attached hydrogens (tertiary/aromatic N) is 9. The van der Waals surface area contributed by atoms with Gasteiger partial charge in [-0.1, -0.05) is 0 Å². The van der Waals surface area contributed by atoms with E-state index in [1.165, 1.54) is 0 Å². The molecule has 5 amide bonds. The second-order valence-corrected chi connectivity index (χ2v) is 15.9. The molecule has 6 aromatic rings. The zero-order chi connectivity index (χ0) is 45.8. The maximum absolute atomic E-state index is 13.9. The molecule has 1 aliphatic heterocycles. The molecular formula is C43H54N14O7. The molecule has 21 nitrogen and oxygen atoms in total. The Hall–Kier alpha value is -7.29. The second-order valence-electron chi connectivity index (χ2n) is 15.9. The van der Waals surface area contributed by atoms with Crippen LogP contribution < -0.4 is 36.9 Å². The number of imidazole rings is 2. The van der Waals surface area contributed by atoms with Crippen molar-refractivity contribution in [3.05, 3.63) is 70.3 Å². The summed E-state index contributed by atoms with van der Waals surface area (Å²) in [6, 6.07) is 9.28. The van der Waals surface area contributed by atoms with Crippen LogP contribution in [0.25, 0.3) is 22.1 Å². The quantitative estimate of drug-likeness (QED) is 0.0691. The SMILES string of the molecule is CCn1nc(C)cc1C(=O)Nc1nc2cc(C(N)=O)cc(OCCCNC(=O)CCN(C)C)c2n1CCC[C@H]1COc2cc(C(N)=O)cc3nc(NC(=O)c4cc(C)nn4CC)n1c23. The maximum Gasteiger partial charge on any atom is 0.276 e. The summed E-state index contributed by atoms with van der Waals surface area (Å²) in [5.41, 5.74) is 15.8. The molecule has 1 atom stereocenters. The molecule has 7 N–H and O–H groups in total. The minimum atomic E-state index is -0.688. The van der Waals surface area contributed by atoms with Gasteiger partial charge in [-0.05, 0) is 97.5 Å². The summed E-state index contributed by atoms with van der Waals surface area (Å²) >= 11 is 0. The van der Waals surface area contributed by atoms with E-state index in [0.29, 0.717) is 115 Å². The zero-order valence-electron chi connectivity index (χ0n) is 36.9. The first-order valence-corrected chi connectivity index (χ1v) is 21.2. The Morgan fingerprint density at radius 1 is 0.812 bits per heavy atom. The van der Waals surface area contributed by atoms with Crippen molar-refractivity contribution in [1.29, 1.82) is 0 Å². The number of aryl methyl sites for hydroxylation is 5. The number of nitrogens with two attached hydrogens (primary N) is 2. The summed E-state index contributed by atoms with van der Waals surface area (Å²) in [7, 11) is 3.80. The number of ether oxygens (including phenoxy) is 2. The summed E-state index contributed by atoms with van der Waals surface area (Å²) in [5, 5.41) is 17.7. The van der Waals surface area contributed by atoms with Crippen molar-refractivity contribution in [3.63, 3.8) is 0 Å². The maximum atomic E-state index is 13.9. The van der Waals surface area contributed by atoms with E-state index in [1.807, 2.05) is 48.9 Å². The fraction of sp³-hybridized carbons (Fsp3) is 0.419. The van der Waals surface area contributed by atoms with E-state index in [2.05, 4.69) is 26.1 Å². The molecule has 1 aliphatic rings. The number of amides is 5. The van der Waals surface area contributed by atoms with Gasteiger partial charge in [0.2, 0.25) is 29.6 Å². The minimum absolute atomic E-state index is 0.0721. The van der Waals surface area contributed by atoms with E-state index in [9.17, 15) is 24.0 Å². The van der Waals surface area contributed by atoms with Crippen LogP contribution in [0.2, 0.25) is 0 Å². The van der Waals surface area contributed by atoms with Gasteiger partial charge in [0.25, 0.3) is 11.8 Å². The molecule has 338 valence electrons. The van der Waals surface area contributed by atoms with Crippen LogP contribution in [0, 0.1) is 13.8 Å². The average Bonchev–Trinajstić information content (AvgIpc) is 4.03. The van der Waals surface area contributed by atoms with E-state index < -0.39 is 23.6 Å². The van der Waals surface area contributed by atoms with Gasteiger partial charge >= 0.3 is 0 Å². The summed E-state index contributed by atoms with van der Waals surface area (Å²) in [6.07, 6.45) is 1.80. The summed E-state index contributed by atoms with van der Waals surface area (Å²) in [4.78, 5) is 76.3. The molecular weight excluding hydrogens is 825 g/mol. The largest absolute Gasteiger partial charge is 0.491 e. The van der Waals surface area contributed by atoms with E-state index in [0.717, 1.165) is 0 Å². The molecule has 0 radical (unpaired) electrons. The van der Waals surface area contributed by atoms with Gasteiger partial charge < -0.3 is 40.3 Å². The topological polar surface area (TPSA) is 266 Å². The van der Waals surface area contributed by atoms with Gasteiger partial charge in [0.1, 0.15) is 40.5 Å². The Bertz CT molecular complexity index is 2760. The van der Waals surface area contributed by atoms with Crippen molar-refractivity contribution < 1.29 is 33.4 Å². The van der Waals surface area contributed by atoms with Crippen LogP contribution in [-0.4, -0.2) is 113 Å². The van der Waals surface area contributed by atoms with Crippen LogP contribution in [-0.2, 0) is 24.4 Å². The van der Waals surface area contributed by atoms with Crippen LogP contribution >= 0.6 is 0 Å². The smallest absolute Gasteiger partial charge is 0.276 e.